The van der Waals surface area contributed by atoms with Crippen molar-refractivity contribution >= 4 is 71.5 Å². The van der Waals surface area contributed by atoms with Gasteiger partial charge in [0.2, 0.25) is 0 Å². The first-order valence-corrected chi connectivity index (χ1v) is 17.4. The SMILES string of the molecule is C1=Cc2c(c(-c3cccc(-c4cccc5oc6c7ccccc7ccc6c45)c3)c3ccccc3c2-c2ccc3oc4ccccc4c3c2)CC1. The van der Waals surface area contributed by atoms with E-state index in [1.807, 2.05) is 6.07 Å². The van der Waals surface area contributed by atoms with Crippen LogP contribution in [0.3, 0.4) is 0 Å². The summed E-state index contributed by atoms with van der Waals surface area (Å²) in [5.41, 5.74) is 13.9. The van der Waals surface area contributed by atoms with Crippen molar-refractivity contribution in [3.63, 3.8) is 0 Å². The predicted octanol–water partition coefficient (Wildman–Crippen LogP) is 13.8. The molecule has 0 amide bonds. The fraction of sp³-hybridized carbons (Fsp3) is 0.0417. The van der Waals surface area contributed by atoms with Crippen LogP contribution in [0.25, 0.3) is 105 Å². The van der Waals surface area contributed by atoms with E-state index in [0.717, 1.165) is 62.1 Å². The van der Waals surface area contributed by atoms with Crippen LogP contribution in [0.2, 0.25) is 0 Å². The lowest BCUT2D eigenvalue weighted by molar-refractivity contribution is 0.669. The quantitative estimate of drug-likeness (QED) is 0.192. The van der Waals surface area contributed by atoms with Crippen LogP contribution in [0.15, 0.2) is 161 Å². The summed E-state index contributed by atoms with van der Waals surface area (Å²) in [4.78, 5) is 0. The lowest BCUT2D eigenvalue weighted by Crippen LogP contribution is -2.02. The average Bonchev–Trinajstić information content (AvgIpc) is 3.75. The van der Waals surface area contributed by atoms with Crippen LogP contribution < -0.4 is 0 Å². The Balaban J connectivity index is 1.14. The number of benzene rings is 8. The molecule has 0 radical (unpaired) electrons. The monoisotopic (exact) mass is 638 g/mol. The minimum absolute atomic E-state index is 0.916. The summed E-state index contributed by atoms with van der Waals surface area (Å²) in [6, 6.07) is 52.4. The summed E-state index contributed by atoms with van der Waals surface area (Å²) >= 11 is 0. The number of hydrogen-bond donors (Lipinski definition) is 0. The number of furan rings is 2. The second-order valence-electron chi connectivity index (χ2n) is 13.5. The molecule has 0 spiro atoms. The summed E-state index contributed by atoms with van der Waals surface area (Å²) < 4.78 is 12.8. The van der Waals surface area contributed by atoms with Crippen molar-refractivity contribution in [2.75, 3.05) is 0 Å². The highest BCUT2D eigenvalue weighted by molar-refractivity contribution is 6.19. The summed E-state index contributed by atoms with van der Waals surface area (Å²) in [6.45, 7) is 0. The smallest absolute Gasteiger partial charge is 0.143 e. The van der Waals surface area contributed by atoms with E-state index in [-0.39, 0.29) is 0 Å². The van der Waals surface area contributed by atoms with Gasteiger partial charge < -0.3 is 8.83 Å². The van der Waals surface area contributed by atoms with Crippen molar-refractivity contribution in [1.82, 2.24) is 0 Å². The van der Waals surface area contributed by atoms with Gasteiger partial charge in [0.25, 0.3) is 0 Å². The van der Waals surface area contributed by atoms with E-state index in [0.29, 0.717) is 0 Å². The van der Waals surface area contributed by atoms with E-state index in [9.17, 15) is 0 Å². The van der Waals surface area contributed by atoms with Gasteiger partial charge in [0.1, 0.15) is 22.3 Å². The Bertz CT molecular complexity index is 3040. The van der Waals surface area contributed by atoms with Crippen LogP contribution in [0, 0.1) is 0 Å². The highest BCUT2D eigenvalue weighted by Crippen LogP contribution is 2.47. The van der Waals surface area contributed by atoms with Gasteiger partial charge in [-0.15, -0.1) is 0 Å². The first-order valence-electron chi connectivity index (χ1n) is 17.4. The molecule has 0 saturated heterocycles. The van der Waals surface area contributed by atoms with Gasteiger partial charge in [0.05, 0.1) is 0 Å². The van der Waals surface area contributed by atoms with Crippen molar-refractivity contribution in [2.24, 2.45) is 0 Å². The van der Waals surface area contributed by atoms with Gasteiger partial charge in [-0.25, -0.2) is 0 Å². The molecule has 10 aromatic rings. The molecular formula is C48H30O2. The number of rotatable bonds is 3. The molecule has 2 heterocycles. The Hall–Kier alpha value is -6.38. The van der Waals surface area contributed by atoms with Gasteiger partial charge in [-0.1, -0.05) is 121 Å². The molecule has 2 heteroatoms. The topological polar surface area (TPSA) is 26.3 Å². The van der Waals surface area contributed by atoms with E-state index in [1.165, 1.54) is 60.7 Å². The average molecular weight is 639 g/mol. The summed E-state index contributed by atoms with van der Waals surface area (Å²) in [7, 11) is 0. The zero-order valence-electron chi connectivity index (χ0n) is 27.2. The maximum absolute atomic E-state index is 6.56. The standard InChI is InChI=1S/C48H30O2/c1-2-14-34-29(11-1)23-25-40-47-33(20-10-22-44(47)50-48(34)40)30-12-9-13-31(27-30)45-36-16-3-5-18-38(36)46(39-19-6-4-17-37(39)45)32-24-26-43-41(28-32)35-15-7-8-21-42(35)49-43/h1-3,5-16,18-28H,4,17H2. The fourth-order valence-corrected chi connectivity index (χ4v) is 8.54. The maximum Gasteiger partial charge on any atom is 0.143 e. The highest BCUT2D eigenvalue weighted by atomic mass is 16.3. The van der Waals surface area contributed by atoms with E-state index < -0.39 is 0 Å². The van der Waals surface area contributed by atoms with Crippen molar-refractivity contribution in [2.45, 2.75) is 12.8 Å². The molecule has 2 nitrogen and oxygen atoms in total. The first kappa shape index (κ1) is 27.6. The normalized spacial score (nSPS) is 13.0. The minimum atomic E-state index is 0.916. The molecule has 8 aromatic carbocycles. The summed E-state index contributed by atoms with van der Waals surface area (Å²) in [6.07, 6.45) is 6.71. The van der Waals surface area contributed by atoms with Gasteiger partial charge >= 0.3 is 0 Å². The molecule has 50 heavy (non-hydrogen) atoms. The zero-order chi connectivity index (χ0) is 32.8. The first-order chi connectivity index (χ1) is 24.8. The van der Waals surface area contributed by atoms with Crippen LogP contribution in [0.4, 0.5) is 0 Å². The lowest BCUT2D eigenvalue weighted by Gasteiger charge is -2.24. The van der Waals surface area contributed by atoms with E-state index in [4.69, 9.17) is 8.83 Å². The molecule has 11 rings (SSSR count). The Kier molecular flexibility index (Phi) is 5.82. The molecule has 0 atom stereocenters. The summed E-state index contributed by atoms with van der Waals surface area (Å²) in [5, 5.41) is 9.50. The van der Waals surface area contributed by atoms with Crippen LogP contribution in [0.1, 0.15) is 17.5 Å². The highest BCUT2D eigenvalue weighted by Gasteiger charge is 2.23. The van der Waals surface area contributed by atoms with Crippen molar-refractivity contribution in [3.05, 3.63) is 163 Å². The van der Waals surface area contributed by atoms with E-state index in [1.54, 1.807) is 0 Å². The third kappa shape index (κ3) is 3.96. The van der Waals surface area contributed by atoms with Gasteiger partial charge in [0, 0.05) is 26.9 Å². The van der Waals surface area contributed by atoms with Crippen molar-refractivity contribution in [1.29, 1.82) is 0 Å². The Morgan fingerprint density at radius 2 is 1.16 bits per heavy atom. The largest absolute Gasteiger partial charge is 0.456 e. The van der Waals surface area contributed by atoms with Gasteiger partial charge in [-0.3, -0.25) is 0 Å². The molecule has 1 aliphatic rings. The summed E-state index contributed by atoms with van der Waals surface area (Å²) in [5.74, 6) is 0. The number of allylic oxidation sites excluding steroid dienone is 1. The predicted molar refractivity (Wildman–Crippen MR) is 210 cm³/mol. The molecule has 0 bridgehead atoms. The second kappa shape index (κ2) is 10.6. The lowest BCUT2D eigenvalue weighted by atomic mass is 9.80. The van der Waals surface area contributed by atoms with Crippen molar-refractivity contribution in [3.8, 4) is 33.4 Å². The molecular weight excluding hydrogens is 609 g/mol. The molecule has 0 fully saturated rings. The van der Waals surface area contributed by atoms with Gasteiger partial charge in [-0.05, 0) is 110 Å². The number of hydrogen-bond acceptors (Lipinski definition) is 2. The third-order valence-electron chi connectivity index (χ3n) is 10.7. The van der Waals surface area contributed by atoms with E-state index >= 15 is 0 Å². The van der Waals surface area contributed by atoms with Crippen LogP contribution in [0.5, 0.6) is 0 Å². The van der Waals surface area contributed by atoms with E-state index in [2.05, 4.69) is 152 Å². The zero-order valence-corrected chi connectivity index (χ0v) is 27.2. The van der Waals surface area contributed by atoms with Crippen LogP contribution in [-0.4, -0.2) is 0 Å². The third-order valence-corrected chi connectivity index (χ3v) is 10.7. The Morgan fingerprint density at radius 1 is 0.440 bits per heavy atom. The number of fused-ring (bicyclic) bond motifs is 10. The Labute approximate surface area is 288 Å². The minimum Gasteiger partial charge on any atom is -0.456 e. The molecule has 0 N–H and O–H groups in total. The van der Waals surface area contributed by atoms with Crippen LogP contribution in [-0.2, 0) is 6.42 Å². The van der Waals surface area contributed by atoms with Crippen LogP contribution >= 0.6 is 0 Å². The van der Waals surface area contributed by atoms with Crippen molar-refractivity contribution < 1.29 is 8.83 Å². The van der Waals surface area contributed by atoms with Gasteiger partial charge in [0.15, 0.2) is 0 Å². The molecule has 0 unspecified atom stereocenters. The maximum atomic E-state index is 6.56. The molecule has 234 valence electrons. The molecule has 2 aromatic heterocycles. The van der Waals surface area contributed by atoms with Gasteiger partial charge in [-0.2, -0.15) is 0 Å². The Morgan fingerprint density at radius 3 is 2.08 bits per heavy atom. The molecule has 0 aliphatic heterocycles. The molecule has 1 aliphatic carbocycles. The second-order valence-corrected chi connectivity index (χ2v) is 13.5. The molecule has 0 saturated carbocycles. The number of para-hydroxylation sites is 1. The fourth-order valence-electron chi connectivity index (χ4n) is 8.54.